The van der Waals surface area contributed by atoms with Gasteiger partial charge in [0.05, 0.1) is 19.4 Å². The third kappa shape index (κ3) is 3.16. The second-order valence-corrected chi connectivity index (χ2v) is 5.71. The van der Waals surface area contributed by atoms with Crippen LogP contribution in [0.3, 0.4) is 0 Å². The van der Waals surface area contributed by atoms with Gasteiger partial charge in [-0.2, -0.15) is 0 Å². The molecule has 0 atom stereocenters. The van der Waals surface area contributed by atoms with Crippen LogP contribution in [0.5, 0.6) is 5.75 Å². The Morgan fingerprint density at radius 2 is 2.00 bits per heavy atom. The lowest BCUT2D eigenvalue weighted by molar-refractivity contribution is 0.0522. The van der Waals surface area contributed by atoms with Crippen LogP contribution in [-0.4, -0.2) is 37.8 Å². The van der Waals surface area contributed by atoms with Crippen LogP contribution in [-0.2, 0) is 11.3 Å². The van der Waals surface area contributed by atoms with E-state index in [-0.39, 0.29) is 24.5 Å². The average molecular weight is 353 g/mol. The predicted octanol–water partition coefficient (Wildman–Crippen LogP) is 2.62. The molecule has 3 aromatic rings. The van der Waals surface area contributed by atoms with Crippen molar-refractivity contribution in [3.05, 3.63) is 59.4 Å². The number of rotatable bonds is 5. The normalized spacial score (nSPS) is 10.7. The number of phenols is 1. The van der Waals surface area contributed by atoms with Crippen LogP contribution >= 0.6 is 0 Å². The molecule has 0 aliphatic heterocycles. The fraction of sp³-hybridized carbons (Fsp3) is 0.211. The molecule has 7 nitrogen and oxygen atoms in total. The number of aliphatic hydroxyl groups is 1. The Balaban J connectivity index is 2.29. The van der Waals surface area contributed by atoms with Gasteiger partial charge in [-0.05, 0) is 31.0 Å². The van der Waals surface area contributed by atoms with Gasteiger partial charge in [0.25, 0.3) is 0 Å². The molecule has 1 aromatic heterocycles. The first-order valence-electron chi connectivity index (χ1n) is 8.18. The summed E-state index contributed by atoms with van der Waals surface area (Å²) in [6.45, 7) is 3.36. The summed E-state index contributed by atoms with van der Waals surface area (Å²) in [5.74, 6) is -0.845. The Labute approximate surface area is 150 Å². The van der Waals surface area contributed by atoms with Crippen molar-refractivity contribution in [1.29, 1.82) is 0 Å². The summed E-state index contributed by atoms with van der Waals surface area (Å²) in [6, 6.07) is 11.2. The van der Waals surface area contributed by atoms with Crippen LogP contribution < -0.4 is 0 Å². The van der Waals surface area contributed by atoms with Crippen LogP contribution in [0.1, 0.15) is 28.5 Å². The molecular formula is C19H19N3O4. The maximum absolute atomic E-state index is 12.3. The van der Waals surface area contributed by atoms with Crippen molar-refractivity contribution in [2.24, 2.45) is 0 Å². The van der Waals surface area contributed by atoms with Crippen molar-refractivity contribution >= 4 is 5.97 Å². The quantitative estimate of drug-likeness (QED) is 0.684. The van der Waals surface area contributed by atoms with E-state index < -0.39 is 5.97 Å². The number of carbonyl (C=O) groups excluding carboxylic acids is 1. The average Bonchev–Trinajstić information content (AvgIpc) is 3.11. The van der Waals surface area contributed by atoms with Crippen molar-refractivity contribution in [2.45, 2.75) is 20.5 Å². The Hall–Kier alpha value is -3.19. The van der Waals surface area contributed by atoms with E-state index in [9.17, 15) is 15.0 Å². The highest BCUT2D eigenvalue weighted by molar-refractivity contribution is 5.98. The van der Waals surface area contributed by atoms with Gasteiger partial charge in [0.1, 0.15) is 16.9 Å². The van der Waals surface area contributed by atoms with E-state index in [1.54, 1.807) is 19.9 Å². The summed E-state index contributed by atoms with van der Waals surface area (Å²) >= 11 is 0. The largest absolute Gasteiger partial charge is 0.505 e. The summed E-state index contributed by atoms with van der Waals surface area (Å²) in [5, 5.41) is 28.0. The topological polar surface area (TPSA) is 97.5 Å². The molecule has 0 saturated heterocycles. The number of aromatic nitrogens is 3. The number of aryl methyl sites for hydroxylation is 1. The van der Waals surface area contributed by atoms with Gasteiger partial charge in [-0.25, -0.2) is 9.48 Å². The summed E-state index contributed by atoms with van der Waals surface area (Å²) in [7, 11) is 0. The molecule has 0 amide bonds. The summed E-state index contributed by atoms with van der Waals surface area (Å²) in [6.07, 6.45) is 1.51. The Morgan fingerprint density at radius 3 is 2.62 bits per heavy atom. The zero-order chi connectivity index (χ0) is 18.7. The lowest BCUT2D eigenvalue weighted by Crippen LogP contribution is -2.10. The number of carbonyl (C=O) groups is 1. The molecule has 0 unspecified atom stereocenters. The lowest BCUT2D eigenvalue weighted by atomic mass is 9.96. The van der Waals surface area contributed by atoms with E-state index in [1.807, 2.05) is 30.3 Å². The molecule has 0 radical (unpaired) electrons. The highest BCUT2D eigenvalue weighted by atomic mass is 16.5. The number of aromatic hydroxyl groups is 1. The third-order valence-corrected chi connectivity index (χ3v) is 3.97. The molecule has 0 fully saturated rings. The maximum Gasteiger partial charge on any atom is 0.342 e. The van der Waals surface area contributed by atoms with E-state index in [0.717, 1.165) is 5.56 Å². The maximum atomic E-state index is 12.3. The molecule has 0 bridgehead atoms. The number of hydrogen-bond acceptors (Lipinski definition) is 6. The monoisotopic (exact) mass is 353 g/mol. The highest BCUT2D eigenvalue weighted by Crippen LogP contribution is 2.38. The first-order valence-corrected chi connectivity index (χ1v) is 8.18. The fourth-order valence-corrected chi connectivity index (χ4v) is 2.80. The molecule has 0 spiro atoms. The summed E-state index contributed by atoms with van der Waals surface area (Å²) in [4.78, 5) is 12.3. The number of esters is 1. The molecule has 2 aromatic carbocycles. The number of hydrogen-bond donors (Lipinski definition) is 2. The van der Waals surface area contributed by atoms with Gasteiger partial charge < -0.3 is 14.9 Å². The lowest BCUT2D eigenvalue weighted by Gasteiger charge is -2.16. The molecule has 3 rings (SSSR count). The second-order valence-electron chi connectivity index (χ2n) is 5.71. The van der Waals surface area contributed by atoms with Crippen molar-refractivity contribution in [3.8, 4) is 22.6 Å². The van der Waals surface area contributed by atoms with Gasteiger partial charge in [0.2, 0.25) is 0 Å². The molecule has 26 heavy (non-hydrogen) atoms. The highest BCUT2D eigenvalue weighted by Gasteiger charge is 2.24. The van der Waals surface area contributed by atoms with E-state index in [1.165, 1.54) is 10.9 Å². The molecule has 7 heteroatoms. The Kier molecular flexibility index (Phi) is 4.99. The van der Waals surface area contributed by atoms with Crippen molar-refractivity contribution in [2.75, 3.05) is 6.61 Å². The van der Waals surface area contributed by atoms with Gasteiger partial charge in [-0.3, -0.25) is 0 Å². The molecule has 0 saturated carbocycles. The second kappa shape index (κ2) is 7.37. The van der Waals surface area contributed by atoms with Crippen LogP contribution in [0.25, 0.3) is 16.8 Å². The molecule has 134 valence electrons. The van der Waals surface area contributed by atoms with Crippen molar-refractivity contribution in [1.82, 2.24) is 15.0 Å². The Bertz CT molecular complexity index is 935. The zero-order valence-electron chi connectivity index (χ0n) is 14.5. The SMILES string of the molecule is CCOC(=O)c1c(C)cc(-c2ccccc2)c(-n2cc(CO)nn2)c1O. The van der Waals surface area contributed by atoms with E-state index in [0.29, 0.717) is 22.5 Å². The number of aliphatic hydroxyl groups excluding tert-OH is 1. The number of phenolic OH excluding ortho intramolecular Hbond substituents is 1. The van der Waals surface area contributed by atoms with Gasteiger partial charge in [0.15, 0.2) is 5.75 Å². The minimum absolute atomic E-state index is 0.0857. The van der Waals surface area contributed by atoms with Crippen molar-refractivity contribution in [3.63, 3.8) is 0 Å². The first-order chi connectivity index (χ1) is 12.6. The third-order valence-electron chi connectivity index (χ3n) is 3.97. The smallest absolute Gasteiger partial charge is 0.342 e. The van der Waals surface area contributed by atoms with E-state index in [2.05, 4.69) is 10.3 Å². The molecular weight excluding hydrogens is 334 g/mol. The van der Waals surface area contributed by atoms with E-state index in [4.69, 9.17) is 4.74 Å². The Morgan fingerprint density at radius 1 is 1.27 bits per heavy atom. The summed E-state index contributed by atoms with van der Waals surface area (Å²) < 4.78 is 6.42. The summed E-state index contributed by atoms with van der Waals surface area (Å²) in [5.41, 5.74) is 2.85. The number of benzene rings is 2. The molecule has 0 aliphatic carbocycles. The van der Waals surface area contributed by atoms with Crippen molar-refractivity contribution < 1.29 is 19.7 Å². The van der Waals surface area contributed by atoms with Crippen LogP contribution in [0.4, 0.5) is 0 Å². The molecule has 0 aliphatic rings. The van der Waals surface area contributed by atoms with Gasteiger partial charge in [-0.15, -0.1) is 5.10 Å². The van der Waals surface area contributed by atoms with Crippen LogP contribution in [0.2, 0.25) is 0 Å². The minimum atomic E-state index is -0.606. The standard InChI is InChI=1S/C19H19N3O4/c1-3-26-19(25)16-12(2)9-15(13-7-5-4-6-8-13)17(18(16)24)22-10-14(11-23)20-21-22/h4-10,23-24H,3,11H2,1-2H3. The molecule has 2 N–H and O–H groups in total. The predicted molar refractivity (Wildman–Crippen MR) is 95.1 cm³/mol. The fourth-order valence-electron chi connectivity index (χ4n) is 2.80. The van der Waals surface area contributed by atoms with E-state index >= 15 is 0 Å². The van der Waals surface area contributed by atoms with Gasteiger partial charge in [-0.1, -0.05) is 35.5 Å². The van der Waals surface area contributed by atoms with Crippen LogP contribution in [0.15, 0.2) is 42.6 Å². The minimum Gasteiger partial charge on any atom is -0.505 e. The number of ether oxygens (including phenoxy) is 1. The number of nitrogens with zero attached hydrogens (tertiary/aromatic N) is 3. The first kappa shape index (κ1) is 17.6. The zero-order valence-corrected chi connectivity index (χ0v) is 14.5. The van der Waals surface area contributed by atoms with Gasteiger partial charge >= 0.3 is 5.97 Å². The van der Waals surface area contributed by atoms with Gasteiger partial charge in [0, 0.05) is 5.56 Å². The van der Waals surface area contributed by atoms with Crippen LogP contribution in [0, 0.1) is 6.92 Å². The molecule has 1 heterocycles.